The molecule has 0 spiro atoms. The minimum absolute atomic E-state index is 0.326. The molecule has 2 aromatic rings. The van der Waals surface area contributed by atoms with E-state index in [1.807, 2.05) is 18.3 Å². The molecule has 0 bridgehead atoms. The lowest BCUT2D eigenvalue weighted by molar-refractivity contribution is 0.326. The summed E-state index contributed by atoms with van der Waals surface area (Å²) < 4.78 is 5.40. The maximum atomic E-state index is 5.40. The molecule has 0 amide bonds. The Kier molecular flexibility index (Phi) is 3.64. The van der Waals surface area contributed by atoms with Crippen molar-refractivity contribution in [3.63, 3.8) is 0 Å². The molecule has 0 fully saturated rings. The van der Waals surface area contributed by atoms with Crippen molar-refractivity contribution in [3.05, 3.63) is 34.2 Å². The van der Waals surface area contributed by atoms with E-state index in [1.165, 1.54) is 23.3 Å². The molecule has 2 heterocycles. The summed E-state index contributed by atoms with van der Waals surface area (Å²) in [4.78, 5) is 10.1. The minimum Gasteiger partial charge on any atom is -0.478 e. The Morgan fingerprint density at radius 2 is 2.42 bits per heavy atom. The van der Waals surface area contributed by atoms with Gasteiger partial charge >= 0.3 is 0 Å². The molecular formula is C14H17N3OS. The highest BCUT2D eigenvalue weighted by molar-refractivity contribution is 7.10. The average Bonchev–Trinajstić information content (AvgIpc) is 2.89. The van der Waals surface area contributed by atoms with Crippen molar-refractivity contribution in [1.29, 1.82) is 0 Å². The molecule has 3 rings (SSSR count). The molecule has 0 saturated heterocycles. The number of fused-ring (bicyclic) bond motifs is 1. The second kappa shape index (κ2) is 5.57. The first-order chi connectivity index (χ1) is 9.36. The van der Waals surface area contributed by atoms with Gasteiger partial charge in [-0.1, -0.05) is 0 Å². The maximum absolute atomic E-state index is 5.40. The average molecular weight is 275 g/mol. The number of aryl methyl sites for hydroxylation is 1. The van der Waals surface area contributed by atoms with Gasteiger partial charge in [0.2, 0.25) is 11.8 Å². The van der Waals surface area contributed by atoms with E-state index in [-0.39, 0.29) is 0 Å². The Bertz CT molecular complexity index is 555. The van der Waals surface area contributed by atoms with Gasteiger partial charge in [-0.2, -0.15) is 4.98 Å². The summed E-state index contributed by atoms with van der Waals surface area (Å²) in [5.74, 6) is 1.27. The Hall–Kier alpha value is -1.62. The van der Waals surface area contributed by atoms with Gasteiger partial charge in [0.1, 0.15) is 0 Å². The highest BCUT2D eigenvalue weighted by atomic mass is 32.1. The minimum atomic E-state index is 0.326. The summed E-state index contributed by atoms with van der Waals surface area (Å²) in [6, 6.07) is 4.32. The number of aromatic nitrogens is 2. The smallest absolute Gasteiger partial charge is 0.226 e. The summed E-state index contributed by atoms with van der Waals surface area (Å²) in [6.45, 7) is 2.57. The van der Waals surface area contributed by atoms with E-state index in [1.54, 1.807) is 12.3 Å². The van der Waals surface area contributed by atoms with Crippen molar-refractivity contribution in [2.75, 3.05) is 11.9 Å². The number of hydrogen-bond donors (Lipinski definition) is 1. The van der Waals surface area contributed by atoms with Crippen LogP contribution in [0.5, 0.6) is 5.88 Å². The van der Waals surface area contributed by atoms with E-state index in [2.05, 4.69) is 26.7 Å². The molecule has 0 aromatic carbocycles. The van der Waals surface area contributed by atoms with Crippen LogP contribution in [0.4, 0.5) is 5.95 Å². The van der Waals surface area contributed by atoms with E-state index < -0.39 is 0 Å². The van der Waals surface area contributed by atoms with E-state index in [9.17, 15) is 0 Å². The van der Waals surface area contributed by atoms with Gasteiger partial charge in [-0.3, -0.25) is 0 Å². The van der Waals surface area contributed by atoms with Crippen molar-refractivity contribution in [1.82, 2.24) is 9.97 Å². The van der Waals surface area contributed by atoms with Gasteiger partial charge in [-0.05, 0) is 43.2 Å². The summed E-state index contributed by atoms with van der Waals surface area (Å²) in [6.07, 6.45) is 5.28. The monoisotopic (exact) mass is 275 g/mol. The van der Waals surface area contributed by atoms with Crippen LogP contribution < -0.4 is 10.1 Å². The van der Waals surface area contributed by atoms with Gasteiger partial charge in [0, 0.05) is 17.1 Å². The molecule has 0 saturated carbocycles. The van der Waals surface area contributed by atoms with Gasteiger partial charge in [-0.15, -0.1) is 11.3 Å². The van der Waals surface area contributed by atoms with Gasteiger partial charge < -0.3 is 10.1 Å². The highest BCUT2D eigenvalue weighted by Crippen LogP contribution is 2.34. The van der Waals surface area contributed by atoms with Crippen LogP contribution >= 0.6 is 11.3 Å². The molecule has 1 aliphatic rings. The van der Waals surface area contributed by atoms with Crippen LogP contribution in [0.25, 0.3) is 0 Å². The molecule has 0 aliphatic heterocycles. The van der Waals surface area contributed by atoms with Crippen molar-refractivity contribution in [3.8, 4) is 5.88 Å². The fourth-order valence-corrected chi connectivity index (χ4v) is 3.42. The third-order valence-electron chi connectivity index (χ3n) is 3.28. The van der Waals surface area contributed by atoms with Crippen LogP contribution in [-0.2, 0) is 6.42 Å². The van der Waals surface area contributed by atoms with E-state index in [4.69, 9.17) is 4.74 Å². The maximum Gasteiger partial charge on any atom is 0.226 e. The zero-order valence-electron chi connectivity index (χ0n) is 10.9. The molecule has 100 valence electrons. The number of nitrogens with zero attached hydrogens (tertiary/aromatic N) is 2. The molecule has 1 N–H and O–H groups in total. The van der Waals surface area contributed by atoms with Crippen LogP contribution in [0, 0.1) is 0 Å². The molecule has 4 nitrogen and oxygen atoms in total. The third kappa shape index (κ3) is 2.71. The Morgan fingerprint density at radius 1 is 1.47 bits per heavy atom. The van der Waals surface area contributed by atoms with Gasteiger partial charge in [0.15, 0.2) is 0 Å². The van der Waals surface area contributed by atoms with Gasteiger partial charge in [-0.25, -0.2) is 4.98 Å². The number of anilines is 1. The molecule has 19 heavy (non-hydrogen) atoms. The van der Waals surface area contributed by atoms with Crippen LogP contribution in [0.2, 0.25) is 0 Å². The third-order valence-corrected chi connectivity index (χ3v) is 4.27. The van der Waals surface area contributed by atoms with Crippen molar-refractivity contribution >= 4 is 17.3 Å². The lowest BCUT2D eigenvalue weighted by Gasteiger charge is -2.23. The highest BCUT2D eigenvalue weighted by Gasteiger charge is 2.21. The Morgan fingerprint density at radius 3 is 3.32 bits per heavy atom. The first-order valence-electron chi connectivity index (χ1n) is 6.65. The van der Waals surface area contributed by atoms with Gasteiger partial charge in [0.25, 0.3) is 0 Å². The van der Waals surface area contributed by atoms with Crippen LogP contribution in [0.1, 0.15) is 36.2 Å². The normalized spacial score (nSPS) is 17.8. The first kappa shape index (κ1) is 12.4. The predicted molar refractivity (Wildman–Crippen MR) is 76.8 cm³/mol. The van der Waals surface area contributed by atoms with E-state index >= 15 is 0 Å². The SMILES string of the molecule is CCOc1ccnc(NC2CCCc3sccc32)n1. The fourth-order valence-electron chi connectivity index (χ4n) is 2.43. The summed E-state index contributed by atoms with van der Waals surface area (Å²) in [7, 11) is 0. The zero-order valence-corrected chi connectivity index (χ0v) is 11.7. The summed E-state index contributed by atoms with van der Waals surface area (Å²) in [5, 5.41) is 5.60. The van der Waals surface area contributed by atoms with E-state index in [0.717, 1.165) is 6.42 Å². The molecule has 1 unspecified atom stereocenters. The molecule has 5 heteroatoms. The quantitative estimate of drug-likeness (QED) is 0.928. The standard InChI is InChI=1S/C14H17N3OS/c1-2-18-13-6-8-15-14(17-13)16-11-4-3-5-12-10(11)7-9-19-12/h6-9,11H,2-5H2,1H3,(H,15,16,17). The second-order valence-corrected chi connectivity index (χ2v) is 5.54. The fraction of sp³-hybridized carbons (Fsp3) is 0.429. The number of ether oxygens (including phenoxy) is 1. The molecule has 1 aliphatic carbocycles. The van der Waals surface area contributed by atoms with E-state index in [0.29, 0.717) is 24.5 Å². The zero-order chi connectivity index (χ0) is 13.1. The first-order valence-corrected chi connectivity index (χ1v) is 7.53. The summed E-state index contributed by atoms with van der Waals surface area (Å²) >= 11 is 1.85. The number of hydrogen-bond acceptors (Lipinski definition) is 5. The molecule has 0 radical (unpaired) electrons. The lowest BCUT2D eigenvalue weighted by Crippen LogP contribution is -2.17. The van der Waals surface area contributed by atoms with Crippen LogP contribution in [0.15, 0.2) is 23.7 Å². The topological polar surface area (TPSA) is 47.0 Å². The van der Waals surface area contributed by atoms with Crippen molar-refractivity contribution < 1.29 is 4.74 Å². The van der Waals surface area contributed by atoms with Crippen molar-refractivity contribution in [2.45, 2.75) is 32.2 Å². The van der Waals surface area contributed by atoms with Crippen LogP contribution in [0.3, 0.4) is 0 Å². The molecule has 2 aromatic heterocycles. The summed E-state index contributed by atoms with van der Waals surface area (Å²) in [5.41, 5.74) is 1.40. The lowest BCUT2D eigenvalue weighted by atomic mass is 9.94. The Balaban J connectivity index is 1.77. The number of rotatable bonds is 4. The van der Waals surface area contributed by atoms with Crippen molar-refractivity contribution in [2.24, 2.45) is 0 Å². The number of thiophene rings is 1. The Labute approximate surface area is 116 Å². The molecular weight excluding hydrogens is 258 g/mol. The number of nitrogens with one attached hydrogen (secondary N) is 1. The molecule has 1 atom stereocenters. The van der Waals surface area contributed by atoms with Crippen LogP contribution in [-0.4, -0.2) is 16.6 Å². The predicted octanol–water partition coefficient (Wildman–Crippen LogP) is 3.43. The largest absolute Gasteiger partial charge is 0.478 e. The second-order valence-electron chi connectivity index (χ2n) is 4.54. The van der Waals surface area contributed by atoms with Gasteiger partial charge in [0.05, 0.1) is 12.6 Å².